The van der Waals surface area contributed by atoms with Crippen molar-refractivity contribution in [3.63, 3.8) is 0 Å². The quantitative estimate of drug-likeness (QED) is 0.826. The molecule has 0 unspecified atom stereocenters. The van der Waals surface area contributed by atoms with Crippen molar-refractivity contribution in [2.75, 3.05) is 0 Å². The number of rotatable bonds is 3. The van der Waals surface area contributed by atoms with Crippen LogP contribution in [0.3, 0.4) is 0 Å². The van der Waals surface area contributed by atoms with Gasteiger partial charge in [-0.05, 0) is 19.8 Å². The summed E-state index contributed by atoms with van der Waals surface area (Å²) in [6.45, 7) is 3.04. The lowest BCUT2D eigenvalue weighted by molar-refractivity contribution is 0.00213. The van der Waals surface area contributed by atoms with Crippen LogP contribution >= 0.6 is 0 Å². The lowest BCUT2D eigenvalue weighted by atomic mass is 9.82. The summed E-state index contributed by atoms with van der Waals surface area (Å²) in [4.78, 5) is 4.33. The Labute approximate surface area is 91.1 Å². The van der Waals surface area contributed by atoms with Crippen molar-refractivity contribution < 1.29 is 5.11 Å². The van der Waals surface area contributed by atoms with Crippen molar-refractivity contribution in [3.05, 3.63) is 18.2 Å². The van der Waals surface area contributed by atoms with Gasteiger partial charge in [0.1, 0.15) is 5.82 Å². The normalized spacial score (nSPS) is 20.4. The molecule has 1 N–H and O–H groups in total. The van der Waals surface area contributed by atoms with Crippen LogP contribution in [0, 0.1) is 0 Å². The van der Waals surface area contributed by atoms with Crippen molar-refractivity contribution >= 4 is 0 Å². The first-order valence-corrected chi connectivity index (χ1v) is 5.96. The van der Waals surface area contributed by atoms with E-state index in [1.54, 1.807) is 0 Å². The summed E-state index contributed by atoms with van der Waals surface area (Å²) >= 11 is 0. The van der Waals surface area contributed by atoms with Crippen LogP contribution in [-0.2, 0) is 13.0 Å². The summed E-state index contributed by atoms with van der Waals surface area (Å²) in [5, 5.41) is 10.4. The Hall–Kier alpha value is -0.830. The number of aliphatic hydroxyl groups is 1. The Morgan fingerprint density at radius 3 is 2.80 bits per heavy atom. The summed E-state index contributed by atoms with van der Waals surface area (Å²) in [5.74, 6) is 1.03. The maximum absolute atomic E-state index is 10.4. The molecule has 1 saturated carbocycles. The van der Waals surface area contributed by atoms with Crippen LogP contribution in [0.1, 0.15) is 44.9 Å². The van der Waals surface area contributed by atoms with Gasteiger partial charge in [-0.15, -0.1) is 0 Å². The zero-order chi connectivity index (χ0) is 10.7. The van der Waals surface area contributed by atoms with Gasteiger partial charge in [0.25, 0.3) is 0 Å². The summed E-state index contributed by atoms with van der Waals surface area (Å²) in [7, 11) is 0. The van der Waals surface area contributed by atoms with Crippen LogP contribution in [-0.4, -0.2) is 20.3 Å². The first-order valence-electron chi connectivity index (χ1n) is 5.96. The van der Waals surface area contributed by atoms with Crippen molar-refractivity contribution in [3.8, 4) is 0 Å². The molecule has 15 heavy (non-hydrogen) atoms. The molecule has 1 aliphatic carbocycles. The lowest BCUT2D eigenvalue weighted by Gasteiger charge is -2.31. The van der Waals surface area contributed by atoms with Crippen molar-refractivity contribution in [2.24, 2.45) is 0 Å². The highest BCUT2D eigenvalue weighted by Gasteiger charge is 2.30. The zero-order valence-corrected chi connectivity index (χ0v) is 9.45. The second-order valence-electron chi connectivity index (χ2n) is 4.59. The van der Waals surface area contributed by atoms with E-state index in [-0.39, 0.29) is 0 Å². The van der Waals surface area contributed by atoms with Gasteiger partial charge in [0.05, 0.1) is 5.60 Å². The van der Waals surface area contributed by atoms with Gasteiger partial charge in [0, 0.05) is 25.4 Å². The molecule has 3 heteroatoms. The molecule has 1 fully saturated rings. The topological polar surface area (TPSA) is 38.0 Å². The number of hydrogen-bond acceptors (Lipinski definition) is 2. The van der Waals surface area contributed by atoms with Crippen molar-refractivity contribution in [1.82, 2.24) is 9.55 Å². The highest BCUT2D eigenvalue weighted by Crippen LogP contribution is 2.30. The van der Waals surface area contributed by atoms with E-state index in [9.17, 15) is 5.11 Å². The molecule has 0 amide bonds. The SMILES string of the molecule is CCn1ccnc1CC1(O)CCCCC1. The molecule has 1 aromatic rings. The standard InChI is InChI=1S/C12H20N2O/c1-2-14-9-8-13-11(14)10-12(15)6-4-3-5-7-12/h8-9,15H,2-7,10H2,1H3. The van der Waals surface area contributed by atoms with Crippen molar-refractivity contribution in [1.29, 1.82) is 0 Å². The van der Waals surface area contributed by atoms with E-state index in [4.69, 9.17) is 0 Å². The fraction of sp³-hybridized carbons (Fsp3) is 0.750. The monoisotopic (exact) mass is 208 g/mol. The van der Waals surface area contributed by atoms with Gasteiger partial charge in [-0.3, -0.25) is 0 Å². The molecular formula is C12H20N2O. The zero-order valence-electron chi connectivity index (χ0n) is 9.45. The second-order valence-corrected chi connectivity index (χ2v) is 4.59. The fourth-order valence-corrected chi connectivity index (χ4v) is 2.48. The van der Waals surface area contributed by atoms with Gasteiger partial charge >= 0.3 is 0 Å². The first-order chi connectivity index (χ1) is 7.23. The van der Waals surface area contributed by atoms with E-state index in [2.05, 4.69) is 16.5 Å². The van der Waals surface area contributed by atoms with E-state index in [0.717, 1.165) is 38.1 Å². The van der Waals surface area contributed by atoms with Crippen molar-refractivity contribution in [2.45, 2.75) is 57.6 Å². The minimum absolute atomic E-state index is 0.490. The second kappa shape index (κ2) is 4.35. The van der Waals surface area contributed by atoms with E-state index in [0.29, 0.717) is 6.42 Å². The number of hydrogen-bond donors (Lipinski definition) is 1. The summed E-state index contributed by atoms with van der Waals surface area (Å²) < 4.78 is 2.12. The average Bonchev–Trinajstić information content (AvgIpc) is 2.65. The van der Waals surface area contributed by atoms with Crippen LogP contribution in [0.5, 0.6) is 0 Å². The highest BCUT2D eigenvalue weighted by molar-refractivity contribution is 4.99. The van der Waals surface area contributed by atoms with Gasteiger partial charge in [0.15, 0.2) is 0 Å². The Balaban J connectivity index is 2.06. The van der Waals surface area contributed by atoms with Crippen LogP contribution in [0.4, 0.5) is 0 Å². The van der Waals surface area contributed by atoms with Gasteiger partial charge in [0.2, 0.25) is 0 Å². The minimum atomic E-state index is -0.490. The fourth-order valence-electron chi connectivity index (χ4n) is 2.48. The first kappa shape index (κ1) is 10.7. The van der Waals surface area contributed by atoms with Gasteiger partial charge in [-0.1, -0.05) is 19.3 Å². The maximum atomic E-state index is 10.4. The maximum Gasteiger partial charge on any atom is 0.111 e. The third kappa shape index (κ3) is 2.40. The molecule has 0 aromatic carbocycles. The molecule has 0 spiro atoms. The van der Waals surface area contributed by atoms with Crippen LogP contribution < -0.4 is 0 Å². The molecule has 0 saturated heterocycles. The Morgan fingerprint density at radius 1 is 1.40 bits per heavy atom. The molecular weight excluding hydrogens is 188 g/mol. The Kier molecular flexibility index (Phi) is 3.10. The van der Waals surface area contributed by atoms with E-state index < -0.39 is 5.60 Å². The third-order valence-electron chi connectivity index (χ3n) is 3.41. The molecule has 0 radical (unpaired) electrons. The molecule has 1 aromatic heterocycles. The highest BCUT2D eigenvalue weighted by atomic mass is 16.3. The van der Waals surface area contributed by atoms with E-state index in [1.807, 2.05) is 12.4 Å². The summed E-state index contributed by atoms with van der Waals surface area (Å²) in [6, 6.07) is 0. The molecule has 1 heterocycles. The van der Waals surface area contributed by atoms with E-state index in [1.165, 1.54) is 6.42 Å². The molecule has 0 atom stereocenters. The summed E-state index contributed by atoms with van der Waals surface area (Å²) in [5.41, 5.74) is -0.490. The summed E-state index contributed by atoms with van der Waals surface area (Å²) in [6.07, 6.45) is 9.98. The molecule has 0 bridgehead atoms. The van der Waals surface area contributed by atoms with Crippen LogP contribution in [0.15, 0.2) is 12.4 Å². The molecule has 84 valence electrons. The predicted octanol–water partition coefficient (Wildman–Crippen LogP) is 2.14. The largest absolute Gasteiger partial charge is 0.389 e. The molecule has 1 aliphatic rings. The average molecular weight is 208 g/mol. The molecule has 0 aliphatic heterocycles. The van der Waals surface area contributed by atoms with Crippen LogP contribution in [0.25, 0.3) is 0 Å². The lowest BCUT2D eigenvalue weighted by Crippen LogP contribution is -2.34. The number of imidazole rings is 1. The Morgan fingerprint density at radius 2 is 2.13 bits per heavy atom. The minimum Gasteiger partial charge on any atom is -0.389 e. The van der Waals surface area contributed by atoms with Gasteiger partial charge in [-0.25, -0.2) is 4.98 Å². The number of aryl methyl sites for hydroxylation is 1. The smallest absolute Gasteiger partial charge is 0.111 e. The molecule has 3 nitrogen and oxygen atoms in total. The third-order valence-corrected chi connectivity index (χ3v) is 3.41. The van der Waals surface area contributed by atoms with Gasteiger partial charge < -0.3 is 9.67 Å². The number of nitrogens with zero attached hydrogens (tertiary/aromatic N) is 2. The predicted molar refractivity (Wildman–Crippen MR) is 59.6 cm³/mol. The van der Waals surface area contributed by atoms with Crippen LogP contribution in [0.2, 0.25) is 0 Å². The molecule has 2 rings (SSSR count). The van der Waals surface area contributed by atoms with E-state index >= 15 is 0 Å². The number of aromatic nitrogens is 2. The van der Waals surface area contributed by atoms with Gasteiger partial charge in [-0.2, -0.15) is 0 Å². The Bertz CT molecular complexity index is 313.